The van der Waals surface area contributed by atoms with Crippen LogP contribution in [0.4, 0.5) is 5.69 Å². The zero-order chi connectivity index (χ0) is 15.5. The second kappa shape index (κ2) is 6.77. The Morgan fingerprint density at radius 1 is 1.33 bits per heavy atom. The molecule has 1 unspecified atom stereocenters. The maximum atomic E-state index is 12.1. The van der Waals surface area contributed by atoms with Gasteiger partial charge >= 0.3 is 0 Å². The largest absolute Gasteiger partial charge is 0.371 e. The Balaban J connectivity index is 1.86. The maximum Gasteiger partial charge on any atom is 0.279 e. The van der Waals surface area contributed by atoms with Gasteiger partial charge in [-0.1, -0.05) is 18.2 Å². The van der Waals surface area contributed by atoms with Crippen LogP contribution < -0.4 is 9.62 Å². The molecule has 0 saturated carbocycles. The Kier molecular flexibility index (Phi) is 5.24. The van der Waals surface area contributed by atoms with E-state index in [0.29, 0.717) is 12.5 Å². The van der Waals surface area contributed by atoms with Crippen molar-refractivity contribution in [2.75, 3.05) is 31.6 Å². The zero-order valence-corrected chi connectivity index (χ0v) is 13.8. The zero-order valence-electron chi connectivity index (χ0n) is 13.0. The summed E-state index contributed by atoms with van der Waals surface area (Å²) in [6.07, 6.45) is 1.02. The molecule has 1 N–H and O–H groups in total. The molecular weight excluding hydrogens is 286 g/mol. The van der Waals surface area contributed by atoms with E-state index in [1.807, 2.05) is 32.0 Å². The fraction of sp³-hybridized carbons (Fsp3) is 0.600. The quantitative estimate of drug-likeness (QED) is 0.870. The lowest BCUT2D eigenvalue weighted by Crippen LogP contribution is -2.43. The summed E-state index contributed by atoms with van der Waals surface area (Å²) < 4.78 is 28.3. The van der Waals surface area contributed by atoms with Crippen LogP contribution in [0.1, 0.15) is 20.3 Å². The molecule has 0 amide bonds. The Hall–Kier alpha value is -1.11. The standard InChI is InChI=1S/C15H25N3O2S/c1-13(2)17(3)21(19,20)16-11-14-9-10-18(12-14)15-7-5-4-6-8-15/h4-8,13-14,16H,9-12H2,1-3H3. The number of anilines is 1. The van der Waals surface area contributed by atoms with E-state index in [-0.39, 0.29) is 6.04 Å². The first-order valence-electron chi connectivity index (χ1n) is 7.43. The highest BCUT2D eigenvalue weighted by Crippen LogP contribution is 2.23. The third-order valence-electron chi connectivity index (χ3n) is 4.07. The Morgan fingerprint density at radius 3 is 2.62 bits per heavy atom. The molecule has 0 bridgehead atoms. The molecule has 1 aliphatic rings. The molecule has 5 nitrogen and oxygen atoms in total. The van der Waals surface area contributed by atoms with Gasteiger partial charge in [-0.3, -0.25) is 0 Å². The van der Waals surface area contributed by atoms with Crippen molar-refractivity contribution < 1.29 is 8.42 Å². The lowest BCUT2D eigenvalue weighted by atomic mass is 10.1. The number of benzene rings is 1. The maximum absolute atomic E-state index is 12.1. The Morgan fingerprint density at radius 2 is 2.00 bits per heavy atom. The van der Waals surface area contributed by atoms with Crippen molar-refractivity contribution in [1.82, 2.24) is 9.03 Å². The van der Waals surface area contributed by atoms with Crippen molar-refractivity contribution in [2.24, 2.45) is 5.92 Å². The van der Waals surface area contributed by atoms with Crippen LogP contribution in [-0.4, -0.2) is 45.4 Å². The van der Waals surface area contributed by atoms with Crippen LogP contribution in [0.25, 0.3) is 0 Å². The van der Waals surface area contributed by atoms with Gasteiger partial charge in [-0.25, -0.2) is 4.72 Å². The van der Waals surface area contributed by atoms with Gasteiger partial charge in [0.2, 0.25) is 0 Å². The molecule has 1 atom stereocenters. The van der Waals surface area contributed by atoms with E-state index in [0.717, 1.165) is 19.5 Å². The second-order valence-corrected chi connectivity index (χ2v) is 7.71. The number of nitrogens with zero attached hydrogens (tertiary/aromatic N) is 2. The summed E-state index contributed by atoms with van der Waals surface area (Å²) in [5, 5.41) is 0. The minimum Gasteiger partial charge on any atom is -0.371 e. The van der Waals surface area contributed by atoms with Crippen LogP contribution in [0.2, 0.25) is 0 Å². The SMILES string of the molecule is CC(C)N(C)S(=O)(=O)NCC1CCN(c2ccccc2)C1. The number of nitrogens with one attached hydrogen (secondary N) is 1. The molecule has 2 rings (SSSR count). The van der Waals surface area contributed by atoms with Gasteiger partial charge in [-0.15, -0.1) is 0 Å². The molecule has 1 heterocycles. The molecule has 1 saturated heterocycles. The van der Waals surface area contributed by atoms with Crippen LogP contribution >= 0.6 is 0 Å². The second-order valence-electron chi connectivity index (χ2n) is 5.90. The Labute approximate surface area is 128 Å². The van der Waals surface area contributed by atoms with Crippen LogP contribution in [0, 0.1) is 5.92 Å². The smallest absolute Gasteiger partial charge is 0.279 e. The molecule has 1 aliphatic heterocycles. The average molecular weight is 311 g/mol. The highest BCUT2D eigenvalue weighted by molar-refractivity contribution is 7.87. The van der Waals surface area contributed by atoms with Gasteiger partial charge in [0, 0.05) is 38.4 Å². The summed E-state index contributed by atoms with van der Waals surface area (Å²) in [5.74, 6) is 0.362. The van der Waals surface area contributed by atoms with Gasteiger partial charge in [-0.2, -0.15) is 12.7 Å². The van der Waals surface area contributed by atoms with E-state index in [9.17, 15) is 8.42 Å². The summed E-state index contributed by atoms with van der Waals surface area (Å²) in [6, 6.07) is 10.2. The van der Waals surface area contributed by atoms with Crippen molar-refractivity contribution in [3.63, 3.8) is 0 Å². The van der Waals surface area contributed by atoms with Gasteiger partial charge in [0.1, 0.15) is 0 Å². The summed E-state index contributed by atoms with van der Waals surface area (Å²) >= 11 is 0. The molecule has 1 fully saturated rings. The molecule has 0 aliphatic carbocycles. The number of hydrogen-bond donors (Lipinski definition) is 1. The lowest BCUT2D eigenvalue weighted by molar-refractivity contribution is 0.398. The fourth-order valence-electron chi connectivity index (χ4n) is 2.48. The molecule has 0 spiro atoms. The van der Waals surface area contributed by atoms with E-state index in [1.165, 1.54) is 9.99 Å². The van der Waals surface area contributed by atoms with Crippen molar-refractivity contribution >= 4 is 15.9 Å². The first-order chi connectivity index (χ1) is 9.90. The molecule has 0 radical (unpaired) electrons. The number of hydrogen-bond acceptors (Lipinski definition) is 3. The van der Waals surface area contributed by atoms with Gasteiger partial charge < -0.3 is 4.90 Å². The molecule has 6 heteroatoms. The molecular formula is C15H25N3O2S. The van der Waals surface area contributed by atoms with Crippen LogP contribution in [0.15, 0.2) is 30.3 Å². The predicted octanol–water partition coefficient (Wildman–Crippen LogP) is 1.69. The molecule has 0 aromatic heterocycles. The third kappa shape index (κ3) is 4.18. The van der Waals surface area contributed by atoms with Crippen LogP contribution in [0.5, 0.6) is 0 Å². The summed E-state index contributed by atoms with van der Waals surface area (Å²) in [6.45, 7) is 6.12. The number of rotatable bonds is 6. The molecule has 118 valence electrons. The van der Waals surface area contributed by atoms with Gasteiger partial charge in [0.25, 0.3) is 10.2 Å². The fourth-order valence-corrected chi connectivity index (χ4v) is 3.68. The van der Waals surface area contributed by atoms with Gasteiger partial charge in [-0.05, 0) is 38.3 Å². The first-order valence-corrected chi connectivity index (χ1v) is 8.87. The minimum atomic E-state index is -3.36. The molecule has 21 heavy (non-hydrogen) atoms. The van der Waals surface area contributed by atoms with Crippen molar-refractivity contribution in [3.05, 3.63) is 30.3 Å². The van der Waals surface area contributed by atoms with Crippen LogP contribution in [0.3, 0.4) is 0 Å². The van der Waals surface area contributed by atoms with E-state index < -0.39 is 10.2 Å². The van der Waals surface area contributed by atoms with Gasteiger partial charge in [0.15, 0.2) is 0 Å². The van der Waals surface area contributed by atoms with Crippen molar-refractivity contribution in [1.29, 1.82) is 0 Å². The summed E-state index contributed by atoms with van der Waals surface area (Å²) in [4.78, 5) is 2.31. The third-order valence-corrected chi connectivity index (χ3v) is 5.78. The monoisotopic (exact) mass is 311 g/mol. The highest BCUT2D eigenvalue weighted by atomic mass is 32.2. The minimum absolute atomic E-state index is 0.0353. The normalized spacial score (nSPS) is 19.7. The predicted molar refractivity (Wildman–Crippen MR) is 86.6 cm³/mol. The van der Waals surface area contributed by atoms with Crippen molar-refractivity contribution in [3.8, 4) is 0 Å². The lowest BCUT2D eigenvalue weighted by Gasteiger charge is -2.23. The van der Waals surface area contributed by atoms with E-state index in [2.05, 4.69) is 21.8 Å². The molecule has 1 aromatic carbocycles. The average Bonchev–Trinajstić information content (AvgIpc) is 2.94. The molecule has 1 aromatic rings. The summed E-state index contributed by atoms with van der Waals surface area (Å²) in [7, 11) is -1.76. The van der Waals surface area contributed by atoms with Crippen LogP contribution in [-0.2, 0) is 10.2 Å². The Bertz CT molecular complexity index is 545. The number of para-hydroxylation sites is 1. The van der Waals surface area contributed by atoms with E-state index >= 15 is 0 Å². The van der Waals surface area contributed by atoms with E-state index in [4.69, 9.17) is 0 Å². The van der Waals surface area contributed by atoms with Gasteiger partial charge in [0.05, 0.1) is 0 Å². The van der Waals surface area contributed by atoms with Crippen molar-refractivity contribution in [2.45, 2.75) is 26.3 Å². The summed E-state index contributed by atoms with van der Waals surface area (Å²) in [5.41, 5.74) is 1.21. The topological polar surface area (TPSA) is 52.7 Å². The first kappa shape index (κ1) is 16.3. The highest BCUT2D eigenvalue weighted by Gasteiger charge is 2.26. The van der Waals surface area contributed by atoms with E-state index in [1.54, 1.807) is 7.05 Å².